The average molecular weight is 489 g/mol. The largest absolute Gasteiger partial charge is 0.477 e. The SMILES string of the molecule is CC(C)(C)c1ccc(S(=O)(=O)Nc2ccc3c(c2)cc(C(=O)O)n3-c2cc3ccccc3o2)cc1. The number of sulfonamides is 1. The van der Waals surface area contributed by atoms with Crippen molar-refractivity contribution in [1.29, 1.82) is 0 Å². The van der Waals surface area contributed by atoms with Crippen molar-refractivity contribution < 1.29 is 22.7 Å². The van der Waals surface area contributed by atoms with Gasteiger partial charge in [0.1, 0.15) is 11.3 Å². The van der Waals surface area contributed by atoms with Crippen LogP contribution in [-0.2, 0) is 15.4 Å². The third kappa shape index (κ3) is 4.17. The second-order valence-corrected chi connectivity index (χ2v) is 11.1. The molecule has 0 radical (unpaired) electrons. The van der Waals surface area contributed by atoms with E-state index < -0.39 is 16.0 Å². The Morgan fingerprint density at radius 2 is 1.63 bits per heavy atom. The van der Waals surface area contributed by atoms with Gasteiger partial charge in [-0.05, 0) is 53.4 Å². The lowest BCUT2D eigenvalue weighted by Gasteiger charge is -2.19. The minimum atomic E-state index is -3.83. The molecule has 3 aromatic carbocycles. The van der Waals surface area contributed by atoms with E-state index in [1.54, 1.807) is 36.4 Å². The molecule has 0 saturated carbocycles. The van der Waals surface area contributed by atoms with Crippen molar-refractivity contribution in [1.82, 2.24) is 4.57 Å². The molecule has 2 heterocycles. The van der Waals surface area contributed by atoms with Crippen LogP contribution in [0.3, 0.4) is 0 Å². The molecule has 0 amide bonds. The summed E-state index contributed by atoms with van der Waals surface area (Å²) in [5, 5.41) is 11.2. The van der Waals surface area contributed by atoms with Crippen molar-refractivity contribution in [2.24, 2.45) is 0 Å². The second-order valence-electron chi connectivity index (χ2n) is 9.45. The zero-order chi connectivity index (χ0) is 25.0. The number of carboxylic acid groups (broad SMARTS) is 1. The van der Waals surface area contributed by atoms with E-state index in [1.165, 1.54) is 10.6 Å². The van der Waals surface area contributed by atoms with Crippen molar-refractivity contribution >= 4 is 43.6 Å². The van der Waals surface area contributed by atoms with Crippen molar-refractivity contribution in [2.75, 3.05) is 4.72 Å². The molecule has 0 spiro atoms. The highest BCUT2D eigenvalue weighted by Crippen LogP contribution is 2.31. The van der Waals surface area contributed by atoms with Crippen LogP contribution in [0.25, 0.3) is 27.8 Å². The number of para-hydroxylation sites is 1. The fourth-order valence-corrected chi connectivity index (χ4v) is 5.15. The number of furan rings is 1. The Balaban J connectivity index is 1.53. The number of carboxylic acids is 1. The molecule has 7 nitrogen and oxygen atoms in total. The zero-order valence-electron chi connectivity index (χ0n) is 19.4. The number of nitrogens with one attached hydrogen (secondary N) is 1. The third-order valence-electron chi connectivity index (χ3n) is 5.94. The molecule has 0 aliphatic heterocycles. The summed E-state index contributed by atoms with van der Waals surface area (Å²) in [5.74, 6) is -0.756. The Labute approximate surface area is 202 Å². The fraction of sp³-hybridized carbons (Fsp3) is 0.148. The van der Waals surface area contributed by atoms with Gasteiger partial charge in [0.05, 0.1) is 10.4 Å². The van der Waals surface area contributed by atoms with Gasteiger partial charge in [0.15, 0.2) is 0 Å². The molecule has 0 aliphatic carbocycles. The van der Waals surface area contributed by atoms with Gasteiger partial charge >= 0.3 is 5.97 Å². The minimum Gasteiger partial charge on any atom is -0.477 e. The zero-order valence-corrected chi connectivity index (χ0v) is 20.3. The van der Waals surface area contributed by atoms with E-state index in [4.69, 9.17) is 4.42 Å². The van der Waals surface area contributed by atoms with E-state index >= 15 is 0 Å². The van der Waals surface area contributed by atoms with Crippen LogP contribution in [0.4, 0.5) is 5.69 Å². The number of hydrogen-bond donors (Lipinski definition) is 2. The first-order chi connectivity index (χ1) is 16.5. The molecule has 2 aromatic heterocycles. The predicted molar refractivity (Wildman–Crippen MR) is 136 cm³/mol. The Morgan fingerprint density at radius 3 is 2.29 bits per heavy atom. The van der Waals surface area contributed by atoms with E-state index in [9.17, 15) is 18.3 Å². The monoisotopic (exact) mass is 488 g/mol. The summed E-state index contributed by atoms with van der Waals surface area (Å²) in [5.41, 5.74) is 2.51. The highest BCUT2D eigenvalue weighted by Gasteiger charge is 2.21. The van der Waals surface area contributed by atoms with Crippen LogP contribution in [0, 0.1) is 0 Å². The molecular formula is C27H24N2O5S. The van der Waals surface area contributed by atoms with E-state index in [2.05, 4.69) is 25.5 Å². The third-order valence-corrected chi connectivity index (χ3v) is 7.33. The maximum atomic E-state index is 13.0. The molecule has 0 atom stereocenters. The summed E-state index contributed by atoms with van der Waals surface area (Å²) in [6.07, 6.45) is 0. The van der Waals surface area contributed by atoms with Crippen molar-refractivity contribution in [3.05, 3.63) is 90.1 Å². The molecular weight excluding hydrogens is 464 g/mol. The quantitative estimate of drug-likeness (QED) is 0.308. The number of aromatic nitrogens is 1. The van der Waals surface area contributed by atoms with Gasteiger partial charge in [0, 0.05) is 22.5 Å². The van der Waals surface area contributed by atoms with Gasteiger partial charge in [-0.15, -0.1) is 0 Å². The van der Waals surface area contributed by atoms with E-state index in [1.807, 2.05) is 36.4 Å². The Morgan fingerprint density at radius 1 is 0.914 bits per heavy atom. The molecule has 5 aromatic rings. The maximum Gasteiger partial charge on any atom is 0.352 e. The van der Waals surface area contributed by atoms with Gasteiger partial charge in [0.25, 0.3) is 10.0 Å². The second kappa shape index (κ2) is 8.02. The van der Waals surface area contributed by atoms with Crippen molar-refractivity contribution in [3.63, 3.8) is 0 Å². The summed E-state index contributed by atoms with van der Waals surface area (Å²) in [6, 6.07) is 22.4. The number of carbonyl (C=O) groups is 1. The van der Waals surface area contributed by atoms with E-state index in [0.717, 1.165) is 10.9 Å². The molecule has 0 saturated heterocycles. The average Bonchev–Trinajstić information content (AvgIpc) is 3.39. The smallest absolute Gasteiger partial charge is 0.352 e. The predicted octanol–water partition coefficient (Wildman–Crippen LogP) is 6.17. The minimum absolute atomic E-state index is 0.0110. The lowest BCUT2D eigenvalue weighted by molar-refractivity contribution is 0.0687. The number of rotatable bonds is 5. The van der Waals surface area contributed by atoms with Gasteiger partial charge in [-0.2, -0.15) is 0 Å². The maximum absolute atomic E-state index is 13.0. The molecule has 8 heteroatoms. The highest BCUT2D eigenvalue weighted by molar-refractivity contribution is 7.92. The van der Waals surface area contributed by atoms with Crippen LogP contribution < -0.4 is 4.72 Å². The van der Waals surface area contributed by atoms with Gasteiger partial charge in [-0.3, -0.25) is 9.29 Å². The number of benzene rings is 3. The van der Waals surface area contributed by atoms with Crippen LogP contribution in [-0.4, -0.2) is 24.1 Å². The van der Waals surface area contributed by atoms with Crippen LogP contribution in [0.5, 0.6) is 0 Å². The number of fused-ring (bicyclic) bond motifs is 2. The number of aromatic carboxylic acids is 1. The summed E-state index contributed by atoms with van der Waals surface area (Å²) in [7, 11) is -3.83. The number of anilines is 1. The fourth-order valence-electron chi connectivity index (χ4n) is 4.10. The standard InChI is InChI=1S/C27H24N2O5S/c1-27(2,3)19-8-11-21(12-9-19)35(32,33)28-20-10-13-22-18(14-20)15-23(26(30)31)29(22)25-16-17-6-4-5-7-24(17)34-25/h4-16,28H,1-3H3,(H,30,31). The Hall–Kier alpha value is -4.04. The molecule has 178 valence electrons. The van der Waals surface area contributed by atoms with Crippen LogP contribution >= 0.6 is 0 Å². The normalized spacial score (nSPS) is 12.3. The first kappa shape index (κ1) is 22.7. The summed E-state index contributed by atoms with van der Waals surface area (Å²) in [6.45, 7) is 6.19. The molecule has 0 unspecified atom stereocenters. The molecule has 5 rings (SSSR count). The summed E-state index contributed by atoms with van der Waals surface area (Å²) >= 11 is 0. The summed E-state index contributed by atoms with van der Waals surface area (Å²) < 4.78 is 36.0. The summed E-state index contributed by atoms with van der Waals surface area (Å²) in [4.78, 5) is 12.2. The molecule has 0 bridgehead atoms. The van der Waals surface area contributed by atoms with Crippen molar-refractivity contribution in [2.45, 2.75) is 31.1 Å². The first-order valence-corrected chi connectivity index (χ1v) is 12.5. The van der Waals surface area contributed by atoms with Gasteiger partial charge in [-0.25, -0.2) is 13.2 Å². The topological polar surface area (TPSA) is 102 Å². The lowest BCUT2D eigenvalue weighted by Crippen LogP contribution is -2.14. The molecule has 2 N–H and O–H groups in total. The number of nitrogens with zero attached hydrogens (tertiary/aromatic N) is 1. The molecule has 35 heavy (non-hydrogen) atoms. The van der Waals surface area contributed by atoms with E-state index in [-0.39, 0.29) is 16.0 Å². The van der Waals surface area contributed by atoms with Crippen LogP contribution in [0.15, 0.2) is 88.2 Å². The van der Waals surface area contributed by atoms with Gasteiger partial charge < -0.3 is 9.52 Å². The lowest BCUT2D eigenvalue weighted by atomic mass is 9.87. The van der Waals surface area contributed by atoms with Crippen LogP contribution in [0.2, 0.25) is 0 Å². The Kier molecular flexibility index (Phi) is 5.21. The molecule has 0 aliphatic rings. The highest BCUT2D eigenvalue weighted by atomic mass is 32.2. The van der Waals surface area contributed by atoms with Gasteiger partial charge in [0.2, 0.25) is 5.88 Å². The van der Waals surface area contributed by atoms with Crippen LogP contribution in [0.1, 0.15) is 36.8 Å². The first-order valence-electron chi connectivity index (χ1n) is 11.0. The molecule has 0 fully saturated rings. The van der Waals surface area contributed by atoms with Gasteiger partial charge in [-0.1, -0.05) is 51.1 Å². The van der Waals surface area contributed by atoms with E-state index in [0.29, 0.717) is 28.1 Å². The number of hydrogen-bond acceptors (Lipinski definition) is 4. The Bertz CT molecular complexity index is 1650. The van der Waals surface area contributed by atoms with Crippen molar-refractivity contribution in [3.8, 4) is 5.88 Å².